The summed E-state index contributed by atoms with van der Waals surface area (Å²) in [6.07, 6.45) is 7.34. The molecule has 0 saturated heterocycles. The normalized spacial score (nSPS) is 22.8. The molecule has 3 nitrogen and oxygen atoms in total. The highest BCUT2D eigenvalue weighted by Crippen LogP contribution is 2.29. The third kappa shape index (κ3) is 2.47. The first-order chi connectivity index (χ1) is 9.69. The largest absolute Gasteiger partial charge is 0.331 e. The zero-order valence-corrected chi connectivity index (χ0v) is 12.8. The molecule has 1 fully saturated rings. The summed E-state index contributed by atoms with van der Waals surface area (Å²) in [6, 6.07) is 5.20. The van der Waals surface area contributed by atoms with Crippen molar-refractivity contribution >= 4 is 11.0 Å². The lowest BCUT2D eigenvalue weighted by Crippen LogP contribution is -2.29. The number of nitrogens with one attached hydrogen (secondary N) is 1. The van der Waals surface area contributed by atoms with Crippen LogP contribution in [0.5, 0.6) is 0 Å². The summed E-state index contributed by atoms with van der Waals surface area (Å²) in [7, 11) is 2.10. The fourth-order valence-electron chi connectivity index (χ4n) is 3.56. The predicted octanol–water partition coefficient (Wildman–Crippen LogP) is 3.43. The van der Waals surface area contributed by atoms with Gasteiger partial charge in [0.25, 0.3) is 0 Å². The van der Waals surface area contributed by atoms with Gasteiger partial charge < -0.3 is 9.88 Å². The average molecular weight is 271 g/mol. The summed E-state index contributed by atoms with van der Waals surface area (Å²) in [4.78, 5) is 4.55. The van der Waals surface area contributed by atoms with E-state index >= 15 is 0 Å². The van der Waals surface area contributed by atoms with E-state index in [0.29, 0.717) is 6.04 Å². The van der Waals surface area contributed by atoms with E-state index < -0.39 is 0 Å². The summed E-state index contributed by atoms with van der Waals surface area (Å²) in [5, 5.41) is 3.47. The fraction of sp³-hybridized carbons (Fsp3) is 0.588. The highest BCUT2D eigenvalue weighted by atomic mass is 15.0. The quantitative estimate of drug-likeness (QED) is 0.923. The summed E-state index contributed by atoms with van der Waals surface area (Å²) in [5.74, 6) is 0.823. The number of nitrogens with zero attached hydrogens (tertiary/aromatic N) is 2. The van der Waals surface area contributed by atoms with Crippen LogP contribution in [-0.2, 0) is 6.54 Å². The molecule has 2 unspecified atom stereocenters. The van der Waals surface area contributed by atoms with Crippen LogP contribution in [0.25, 0.3) is 11.0 Å². The molecule has 1 heterocycles. The van der Waals surface area contributed by atoms with Gasteiger partial charge in [-0.3, -0.25) is 0 Å². The maximum Gasteiger partial charge on any atom is 0.0958 e. The number of fused-ring (bicyclic) bond motifs is 1. The van der Waals surface area contributed by atoms with Gasteiger partial charge in [-0.1, -0.05) is 6.42 Å². The van der Waals surface area contributed by atoms with Crippen molar-refractivity contribution in [1.82, 2.24) is 14.9 Å². The Balaban J connectivity index is 1.76. The number of hydrogen-bond donors (Lipinski definition) is 1. The summed E-state index contributed by atoms with van der Waals surface area (Å²) in [6.45, 7) is 5.42. The molecule has 3 heteroatoms. The second-order valence-electron chi connectivity index (χ2n) is 6.24. The van der Waals surface area contributed by atoms with Gasteiger partial charge in [-0.25, -0.2) is 4.98 Å². The first-order valence-corrected chi connectivity index (χ1v) is 7.78. The van der Waals surface area contributed by atoms with Crippen LogP contribution in [0.3, 0.4) is 0 Å². The molecule has 108 valence electrons. The highest BCUT2D eigenvalue weighted by molar-refractivity contribution is 5.77. The van der Waals surface area contributed by atoms with E-state index in [2.05, 4.69) is 47.9 Å². The number of hydrogen-bond acceptors (Lipinski definition) is 2. The molecule has 0 radical (unpaired) electrons. The third-order valence-corrected chi connectivity index (χ3v) is 5.01. The van der Waals surface area contributed by atoms with Crippen molar-refractivity contribution in [2.75, 3.05) is 7.05 Å². The monoisotopic (exact) mass is 271 g/mol. The van der Waals surface area contributed by atoms with Crippen LogP contribution >= 0.6 is 0 Å². The fourth-order valence-corrected chi connectivity index (χ4v) is 3.56. The van der Waals surface area contributed by atoms with Gasteiger partial charge in [-0.2, -0.15) is 0 Å². The van der Waals surface area contributed by atoms with E-state index in [4.69, 9.17) is 0 Å². The molecular weight excluding hydrogens is 246 g/mol. The molecule has 1 aliphatic carbocycles. The third-order valence-electron chi connectivity index (χ3n) is 5.01. The van der Waals surface area contributed by atoms with Gasteiger partial charge in [0.1, 0.15) is 0 Å². The molecule has 1 aromatic heterocycles. The van der Waals surface area contributed by atoms with Gasteiger partial charge >= 0.3 is 0 Å². The Morgan fingerprint density at radius 2 is 2.05 bits per heavy atom. The van der Waals surface area contributed by atoms with Gasteiger partial charge in [-0.15, -0.1) is 0 Å². The number of benzene rings is 1. The van der Waals surface area contributed by atoms with Crippen LogP contribution in [0.15, 0.2) is 18.5 Å². The summed E-state index contributed by atoms with van der Waals surface area (Å²) >= 11 is 0. The van der Waals surface area contributed by atoms with Crippen LogP contribution in [0.1, 0.15) is 36.8 Å². The molecule has 1 aliphatic rings. The lowest BCUT2D eigenvalue weighted by Gasteiger charge is -2.19. The minimum atomic E-state index is 0.716. The van der Waals surface area contributed by atoms with Crippen LogP contribution in [0.4, 0.5) is 0 Å². The van der Waals surface area contributed by atoms with Crippen molar-refractivity contribution in [2.24, 2.45) is 5.92 Å². The molecule has 1 aromatic carbocycles. The smallest absolute Gasteiger partial charge is 0.0958 e. The van der Waals surface area contributed by atoms with E-state index in [1.54, 1.807) is 0 Å². The van der Waals surface area contributed by atoms with Crippen molar-refractivity contribution in [3.63, 3.8) is 0 Å². The number of aryl methyl sites for hydroxylation is 3. The Morgan fingerprint density at radius 1 is 1.25 bits per heavy atom. The van der Waals surface area contributed by atoms with Gasteiger partial charge in [0, 0.05) is 12.6 Å². The maximum absolute atomic E-state index is 4.55. The zero-order chi connectivity index (χ0) is 14.1. The van der Waals surface area contributed by atoms with Crippen molar-refractivity contribution in [3.05, 3.63) is 29.6 Å². The van der Waals surface area contributed by atoms with Crippen LogP contribution in [0.2, 0.25) is 0 Å². The Labute approximate surface area is 121 Å². The second kappa shape index (κ2) is 5.57. The lowest BCUT2D eigenvalue weighted by molar-refractivity contribution is 0.380. The first kappa shape index (κ1) is 13.6. The molecule has 1 N–H and O–H groups in total. The molecule has 0 spiro atoms. The Kier molecular flexibility index (Phi) is 3.79. The summed E-state index contributed by atoms with van der Waals surface area (Å²) < 4.78 is 2.33. The molecule has 2 atom stereocenters. The molecule has 1 saturated carbocycles. The van der Waals surface area contributed by atoms with E-state index in [1.165, 1.54) is 42.3 Å². The minimum absolute atomic E-state index is 0.716. The topological polar surface area (TPSA) is 29.9 Å². The summed E-state index contributed by atoms with van der Waals surface area (Å²) in [5.41, 5.74) is 5.10. The van der Waals surface area contributed by atoms with Crippen LogP contribution in [-0.4, -0.2) is 22.6 Å². The van der Waals surface area contributed by atoms with Crippen LogP contribution < -0.4 is 5.32 Å². The highest BCUT2D eigenvalue weighted by Gasteiger charge is 2.25. The maximum atomic E-state index is 4.55. The SMILES string of the molecule is CNC1CCCC1CCn1cnc2cc(C)c(C)cc21. The number of rotatable bonds is 4. The Hall–Kier alpha value is -1.35. The second-order valence-corrected chi connectivity index (χ2v) is 6.24. The van der Waals surface area contributed by atoms with E-state index in [1.807, 2.05) is 6.33 Å². The van der Waals surface area contributed by atoms with Crippen molar-refractivity contribution in [2.45, 2.75) is 52.1 Å². The molecule has 0 aliphatic heterocycles. The van der Waals surface area contributed by atoms with Crippen LogP contribution in [0, 0.1) is 19.8 Å². The Bertz CT molecular complexity index is 600. The van der Waals surface area contributed by atoms with E-state index in [-0.39, 0.29) is 0 Å². The minimum Gasteiger partial charge on any atom is -0.331 e. The molecule has 0 bridgehead atoms. The number of aromatic nitrogens is 2. The molecule has 2 aromatic rings. The predicted molar refractivity (Wildman–Crippen MR) is 84.0 cm³/mol. The van der Waals surface area contributed by atoms with Gasteiger partial charge in [0.05, 0.1) is 17.4 Å². The molecule has 0 amide bonds. The van der Waals surface area contributed by atoms with Crippen molar-refractivity contribution < 1.29 is 0 Å². The molecule has 20 heavy (non-hydrogen) atoms. The van der Waals surface area contributed by atoms with Crippen molar-refractivity contribution in [1.29, 1.82) is 0 Å². The van der Waals surface area contributed by atoms with Gasteiger partial charge in [0.2, 0.25) is 0 Å². The number of imidazole rings is 1. The van der Waals surface area contributed by atoms with Gasteiger partial charge in [0.15, 0.2) is 0 Å². The molecular formula is C17H25N3. The zero-order valence-electron chi connectivity index (χ0n) is 12.8. The van der Waals surface area contributed by atoms with Crippen molar-refractivity contribution in [3.8, 4) is 0 Å². The lowest BCUT2D eigenvalue weighted by atomic mass is 9.99. The molecule has 3 rings (SSSR count). The Morgan fingerprint density at radius 3 is 2.85 bits per heavy atom. The van der Waals surface area contributed by atoms with E-state index in [0.717, 1.165) is 18.0 Å². The standard InChI is InChI=1S/C17H25N3/c1-12-9-16-17(10-13(12)2)20(11-19-16)8-7-14-5-4-6-15(14)18-3/h9-11,14-15,18H,4-8H2,1-3H3. The first-order valence-electron chi connectivity index (χ1n) is 7.78. The van der Waals surface area contributed by atoms with Gasteiger partial charge in [-0.05, 0) is 69.3 Å². The van der Waals surface area contributed by atoms with E-state index in [9.17, 15) is 0 Å². The average Bonchev–Trinajstić information content (AvgIpc) is 3.04.